The molecule has 8 heteroatoms. The Morgan fingerprint density at radius 2 is 2.05 bits per heavy atom. The first-order valence-electron chi connectivity index (χ1n) is 6.05. The molecule has 1 aromatic heterocycles. The minimum atomic E-state index is -3.89. The van der Waals surface area contributed by atoms with Crippen molar-refractivity contribution in [2.24, 2.45) is 0 Å². The molecule has 2 N–H and O–H groups in total. The van der Waals surface area contributed by atoms with Crippen LogP contribution in [-0.4, -0.2) is 20.1 Å². The summed E-state index contributed by atoms with van der Waals surface area (Å²) in [6, 6.07) is 7.35. The van der Waals surface area contributed by atoms with E-state index < -0.39 is 20.7 Å². The molecule has 0 aliphatic rings. The second kappa shape index (κ2) is 6.97. The van der Waals surface area contributed by atoms with Gasteiger partial charge in [-0.1, -0.05) is 6.07 Å². The first kappa shape index (κ1) is 16.6. The molecule has 4 nitrogen and oxygen atoms in total. The fourth-order valence-electron chi connectivity index (χ4n) is 1.73. The van der Waals surface area contributed by atoms with E-state index in [0.717, 1.165) is 20.8 Å². The van der Waals surface area contributed by atoms with Crippen LogP contribution >= 0.6 is 27.3 Å². The molecule has 1 heterocycles. The number of sulfonamides is 1. The highest BCUT2D eigenvalue weighted by atomic mass is 79.9. The smallest absolute Gasteiger partial charge is 0.243 e. The highest BCUT2D eigenvalue weighted by molar-refractivity contribution is 9.11. The molecule has 114 valence electrons. The van der Waals surface area contributed by atoms with Crippen LogP contribution in [0, 0.1) is 5.82 Å². The van der Waals surface area contributed by atoms with Gasteiger partial charge in [0.05, 0.1) is 10.4 Å². The number of hydrogen-bond donors (Lipinski definition) is 2. The number of rotatable bonds is 6. The van der Waals surface area contributed by atoms with Crippen LogP contribution in [0.5, 0.6) is 0 Å². The molecular weight excluding hydrogens is 381 g/mol. The molecule has 0 aliphatic heterocycles. The Morgan fingerprint density at radius 1 is 1.29 bits per heavy atom. The number of thiophene rings is 1. The summed E-state index contributed by atoms with van der Waals surface area (Å²) >= 11 is 4.86. The van der Waals surface area contributed by atoms with Gasteiger partial charge in [-0.2, -0.15) is 0 Å². The third-order valence-electron chi connectivity index (χ3n) is 2.76. The van der Waals surface area contributed by atoms with Crippen molar-refractivity contribution in [1.82, 2.24) is 4.72 Å². The van der Waals surface area contributed by atoms with Crippen molar-refractivity contribution in [1.29, 1.82) is 0 Å². The normalized spacial score (nSPS) is 11.8. The number of aliphatic hydroxyl groups excluding tert-OH is 1. The van der Waals surface area contributed by atoms with Crippen LogP contribution < -0.4 is 4.72 Å². The van der Waals surface area contributed by atoms with E-state index in [1.807, 2.05) is 12.1 Å². The summed E-state index contributed by atoms with van der Waals surface area (Å²) in [4.78, 5) is 0.618. The number of halogens is 2. The van der Waals surface area contributed by atoms with E-state index in [2.05, 4.69) is 20.7 Å². The molecule has 0 atom stereocenters. The summed E-state index contributed by atoms with van der Waals surface area (Å²) in [7, 11) is -3.89. The Labute approximate surface area is 134 Å². The van der Waals surface area contributed by atoms with Gasteiger partial charge in [-0.15, -0.1) is 11.3 Å². The minimum Gasteiger partial charge on any atom is -0.392 e. The average molecular weight is 394 g/mol. The topological polar surface area (TPSA) is 66.4 Å². The number of benzene rings is 1. The molecular formula is C13H13BrFNO3S2. The van der Waals surface area contributed by atoms with Crippen LogP contribution in [0.2, 0.25) is 0 Å². The quantitative estimate of drug-likeness (QED) is 0.792. The molecule has 0 unspecified atom stereocenters. The molecule has 0 fully saturated rings. The lowest BCUT2D eigenvalue weighted by Gasteiger charge is -2.08. The van der Waals surface area contributed by atoms with Gasteiger partial charge in [-0.25, -0.2) is 17.5 Å². The maximum atomic E-state index is 13.8. The highest BCUT2D eigenvalue weighted by Crippen LogP contribution is 2.22. The van der Waals surface area contributed by atoms with Gasteiger partial charge in [0.1, 0.15) is 10.7 Å². The van der Waals surface area contributed by atoms with Crippen molar-refractivity contribution in [2.75, 3.05) is 6.54 Å². The van der Waals surface area contributed by atoms with Crippen LogP contribution in [0.15, 0.2) is 39.0 Å². The maximum Gasteiger partial charge on any atom is 0.243 e. The molecule has 2 rings (SSSR count). The zero-order chi connectivity index (χ0) is 15.5. The Kier molecular flexibility index (Phi) is 5.50. The van der Waals surface area contributed by atoms with Gasteiger partial charge < -0.3 is 5.11 Å². The van der Waals surface area contributed by atoms with Gasteiger partial charge in [-0.05, 0) is 52.2 Å². The van der Waals surface area contributed by atoms with Crippen molar-refractivity contribution in [3.63, 3.8) is 0 Å². The summed E-state index contributed by atoms with van der Waals surface area (Å²) in [5, 5.41) is 8.89. The SMILES string of the molecule is O=S(=O)(NCCc1ccc(Br)s1)c1ccc(CO)cc1F. The fraction of sp³-hybridized carbons (Fsp3) is 0.231. The second-order valence-electron chi connectivity index (χ2n) is 4.28. The zero-order valence-corrected chi connectivity index (χ0v) is 14.1. The number of hydrogen-bond acceptors (Lipinski definition) is 4. The first-order chi connectivity index (χ1) is 9.92. The first-order valence-corrected chi connectivity index (χ1v) is 9.15. The summed E-state index contributed by atoms with van der Waals surface area (Å²) in [6.45, 7) is -0.144. The summed E-state index contributed by atoms with van der Waals surface area (Å²) in [5.74, 6) is -0.868. The van der Waals surface area contributed by atoms with E-state index in [0.29, 0.717) is 12.0 Å². The van der Waals surface area contributed by atoms with Gasteiger partial charge in [0.25, 0.3) is 0 Å². The van der Waals surface area contributed by atoms with Crippen molar-refractivity contribution < 1.29 is 17.9 Å². The fourth-order valence-corrected chi connectivity index (χ4v) is 4.30. The minimum absolute atomic E-state index is 0.191. The third-order valence-corrected chi connectivity index (χ3v) is 5.94. The third kappa shape index (κ3) is 4.33. The molecule has 0 bridgehead atoms. The molecule has 0 aliphatic carbocycles. The van der Waals surface area contributed by atoms with E-state index in [9.17, 15) is 12.8 Å². The van der Waals surface area contributed by atoms with E-state index >= 15 is 0 Å². The van der Waals surface area contributed by atoms with Crippen LogP contribution in [0.3, 0.4) is 0 Å². The molecule has 1 aromatic carbocycles. The highest BCUT2D eigenvalue weighted by Gasteiger charge is 2.18. The van der Waals surface area contributed by atoms with Crippen LogP contribution in [-0.2, 0) is 23.1 Å². The van der Waals surface area contributed by atoms with Crippen molar-refractivity contribution in [2.45, 2.75) is 17.9 Å². The van der Waals surface area contributed by atoms with Crippen LogP contribution in [0.25, 0.3) is 0 Å². The van der Waals surface area contributed by atoms with E-state index in [4.69, 9.17) is 5.11 Å². The molecule has 0 spiro atoms. The van der Waals surface area contributed by atoms with E-state index in [-0.39, 0.29) is 13.2 Å². The summed E-state index contributed by atoms with van der Waals surface area (Å²) in [6.07, 6.45) is 0.534. The van der Waals surface area contributed by atoms with Gasteiger partial charge >= 0.3 is 0 Å². The Hall–Kier alpha value is -0.800. The predicted molar refractivity (Wildman–Crippen MR) is 83.2 cm³/mol. The molecule has 21 heavy (non-hydrogen) atoms. The largest absolute Gasteiger partial charge is 0.392 e. The van der Waals surface area contributed by atoms with Crippen molar-refractivity contribution >= 4 is 37.3 Å². The molecule has 0 saturated carbocycles. The van der Waals surface area contributed by atoms with Crippen molar-refractivity contribution in [3.05, 3.63) is 50.4 Å². The van der Waals surface area contributed by atoms with E-state index in [1.54, 1.807) is 0 Å². The van der Waals surface area contributed by atoms with Crippen LogP contribution in [0.1, 0.15) is 10.4 Å². The van der Waals surface area contributed by atoms with Gasteiger partial charge in [0.2, 0.25) is 10.0 Å². The van der Waals surface area contributed by atoms with Crippen LogP contribution in [0.4, 0.5) is 4.39 Å². The average Bonchev–Trinajstić information content (AvgIpc) is 2.83. The van der Waals surface area contributed by atoms with Gasteiger partial charge in [0, 0.05) is 11.4 Å². The molecule has 2 aromatic rings. The Balaban J connectivity index is 2.04. The number of nitrogens with one attached hydrogen (secondary N) is 1. The number of aliphatic hydroxyl groups is 1. The lowest BCUT2D eigenvalue weighted by Crippen LogP contribution is -2.26. The zero-order valence-electron chi connectivity index (χ0n) is 10.8. The van der Waals surface area contributed by atoms with E-state index in [1.165, 1.54) is 17.4 Å². The summed E-state index contributed by atoms with van der Waals surface area (Å²) in [5.41, 5.74) is 0.329. The standard InChI is InChI=1S/C13H13BrFNO3S2/c14-13-4-2-10(20-13)5-6-16-21(18,19)12-3-1-9(8-17)7-11(12)15/h1-4,7,16-17H,5-6,8H2. The summed E-state index contributed by atoms with van der Waals surface area (Å²) < 4.78 is 41.2. The Morgan fingerprint density at radius 3 is 2.62 bits per heavy atom. The lowest BCUT2D eigenvalue weighted by molar-refractivity contribution is 0.281. The maximum absolute atomic E-state index is 13.8. The lowest BCUT2D eigenvalue weighted by atomic mass is 10.2. The predicted octanol–water partition coefficient (Wildman–Crippen LogP) is 2.66. The second-order valence-corrected chi connectivity index (χ2v) is 8.56. The molecule has 0 saturated heterocycles. The molecule has 0 amide bonds. The molecule has 0 radical (unpaired) electrons. The monoisotopic (exact) mass is 393 g/mol. The van der Waals surface area contributed by atoms with Gasteiger partial charge in [0.15, 0.2) is 0 Å². The van der Waals surface area contributed by atoms with Crippen molar-refractivity contribution in [3.8, 4) is 0 Å². The Bertz CT molecular complexity index is 731. The van der Waals surface area contributed by atoms with Gasteiger partial charge in [-0.3, -0.25) is 0 Å².